The predicted octanol–water partition coefficient (Wildman–Crippen LogP) is 1.95. The third-order valence-electron chi connectivity index (χ3n) is 3.03. The highest BCUT2D eigenvalue weighted by Crippen LogP contribution is 2.28. The van der Waals surface area contributed by atoms with E-state index in [2.05, 4.69) is 0 Å². The van der Waals surface area contributed by atoms with Crippen molar-refractivity contribution in [2.24, 2.45) is 5.92 Å². The lowest BCUT2D eigenvalue weighted by Gasteiger charge is -2.24. The lowest BCUT2D eigenvalue weighted by Crippen LogP contribution is -2.41. The normalized spacial score (nSPS) is 17.4. The fourth-order valence-corrected chi connectivity index (χ4v) is 2.22. The summed E-state index contributed by atoms with van der Waals surface area (Å²) in [6.45, 7) is -1.95. The van der Waals surface area contributed by atoms with E-state index >= 15 is 0 Å². The number of hydrogen-bond donors (Lipinski definition) is 1. The average Bonchev–Trinajstić information content (AvgIpc) is 2.67. The van der Waals surface area contributed by atoms with Crippen molar-refractivity contribution in [2.45, 2.75) is 38.3 Å². The number of carbonyl (C=O) groups excluding carboxylic acids is 1. The second-order valence-electron chi connectivity index (χ2n) is 4.51. The van der Waals surface area contributed by atoms with Crippen LogP contribution in [-0.2, 0) is 4.79 Å². The van der Waals surface area contributed by atoms with Crippen LogP contribution in [0, 0.1) is 5.92 Å². The largest absolute Gasteiger partial charge is 0.406 e. The second-order valence-corrected chi connectivity index (χ2v) is 4.51. The van der Waals surface area contributed by atoms with E-state index in [9.17, 15) is 18.0 Å². The number of rotatable bonds is 5. The predicted molar refractivity (Wildman–Crippen MR) is 56.3 cm³/mol. The van der Waals surface area contributed by atoms with Crippen LogP contribution in [-0.4, -0.2) is 41.8 Å². The molecule has 0 heterocycles. The molecule has 1 saturated carbocycles. The van der Waals surface area contributed by atoms with E-state index in [1.54, 1.807) is 0 Å². The molecule has 0 aromatic carbocycles. The van der Waals surface area contributed by atoms with Crippen molar-refractivity contribution in [3.05, 3.63) is 0 Å². The van der Waals surface area contributed by atoms with Gasteiger partial charge in [0.1, 0.15) is 6.54 Å². The summed E-state index contributed by atoms with van der Waals surface area (Å²) in [5.74, 6) is -0.278. The van der Waals surface area contributed by atoms with Gasteiger partial charge in [0.2, 0.25) is 5.91 Å². The van der Waals surface area contributed by atoms with Gasteiger partial charge in [-0.15, -0.1) is 0 Å². The molecule has 0 bridgehead atoms. The molecule has 17 heavy (non-hydrogen) atoms. The minimum atomic E-state index is -4.40. The molecule has 0 aliphatic heterocycles. The number of aliphatic hydroxyl groups excluding tert-OH is 1. The van der Waals surface area contributed by atoms with Crippen LogP contribution in [0.3, 0.4) is 0 Å². The number of hydrogen-bond acceptors (Lipinski definition) is 2. The quantitative estimate of drug-likeness (QED) is 0.813. The van der Waals surface area contributed by atoms with Crippen LogP contribution in [0.4, 0.5) is 13.2 Å². The van der Waals surface area contributed by atoms with Gasteiger partial charge in [0.15, 0.2) is 0 Å². The maximum atomic E-state index is 12.2. The summed E-state index contributed by atoms with van der Waals surface area (Å²) < 4.78 is 36.7. The monoisotopic (exact) mass is 253 g/mol. The summed E-state index contributed by atoms with van der Waals surface area (Å²) in [6.07, 6.45) is -0.277. The molecule has 1 aliphatic carbocycles. The number of carbonyl (C=O) groups is 1. The minimum absolute atomic E-state index is 0.177. The van der Waals surface area contributed by atoms with Gasteiger partial charge in [-0.05, 0) is 18.8 Å². The number of nitrogens with zero attached hydrogens (tertiary/aromatic N) is 1. The van der Waals surface area contributed by atoms with Crippen LogP contribution in [0.1, 0.15) is 32.1 Å². The van der Waals surface area contributed by atoms with Crippen LogP contribution in [0.25, 0.3) is 0 Å². The Labute approximate surface area is 98.6 Å². The Kier molecular flexibility index (Phi) is 5.24. The fourth-order valence-electron chi connectivity index (χ4n) is 2.22. The molecule has 3 nitrogen and oxygen atoms in total. The van der Waals surface area contributed by atoms with Gasteiger partial charge in [-0.1, -0.05) is 12.8 Å². The molecular weight excluding hydrogens is 235 g/mol. The van der Waals surface area contributed by atoms with E-state index in [-0.39, 0.29) is 18.9 Å². The first-order chi connectivity index (χ1) is 7.92. The van der Waals surface area contributed by atoms with Crippen molar-refractivity contribution >= 4 is 5.91 Å². The Hall–Kier alpha value is -0.780. The summed E-state index contributed by atoms with van der Waals surface area (Å²) >= 11 is 0. The Morgan fingerprint density at radius 2 is 1.88 bits per heavy atom. The van der Waals surface area contributed by atoms with Crippen molar-refractivity contribution in [3.8, 4) is 0 Å². The molecule has 0 saturated heterocycles. The second kappa shape index (κ2) is 6.23. The zero-order valence-electron chi connectivity index (χ0n) is 9.67. The van der Waals surface area contributed by atoms with Crippen molar-refractivity contribution in [3.63, 3.8) is 0 Å². The molecule has 0 radical (unpaired) electrons. The van der Waals surface area contributed by atoms with Gasteiger partial charge >= 0.3 is 6.18 Å². The van der Waals surface area contributed by atoms with Gasteiger partial charge in [0, 0.05) is 13.0 Å². The Bertz CT molecular complexity index is 250. The lowest BCUT2D eigenvalue weighted by molar-refractivity contribution is -0.162. The maximum absolute atomic E-state index is 12.2. The van der Waals surface area contributed by atoms with Gasteiger partial charge < -0.3 is 10.0 Å². The summed E-state index contributed by atoms with van der Waals surface area (Å²) in [7, 11) is 0. The van der Waals surface area contributed by atoms with E-state index in [0.717, 1.165) is 25.7 Å². The number of aliphatic hydroxyl groups is 1. The minimum Gasteiger partial charge on any atom is -0.395 e. The number of halogens is 3. The van der Waals surface area contributed by atoms with E-state index < -0.39 is 25.2 Å². The number of amides is 1. The topological polar surface area (TPSA) is 40.5 Å². The van der Waals surface area contributed by atoms with Crippen molar-refractivity contribution in [2.75, 3.05) is 19.7 Å². The number of alkyl halides is 3. The highest BCUT2D eigenvalue weighted by molar-refractivity contribution is 5.76. The highest BCUT2D eigenvalue weighted by Gasteiger charge is 2.33. The smallest absolute Gasteiger partial charge is 0.395 e. The molecule has 0 spiro atoms. The summed E-state index contributed by atoms with van der Waals surface area (Å²) in [5.41, 5.74) is 0. The molecule has 1 N–H and O–H groups in total. The van der Waals surface area contributed by atoms with Crippen LogP contribution < -0.4 is 0 Å². The van der Waals surface area contributed by atoms with Crippen LogP contribution >= 0.6 is 0 Å². The standard InChI is InChI=1S/C11H18F3NO2/c12-11(13,14)8-15(5-6-16)10(17)7-9-3-1-2-4-9/h9,16H,1-8H2. The van der Waals surface area contributed by atoms with E-state index in [1.165, 1.54) is 0 Å². The molecule has 1 fully saturated rings. The molecule has 1 aliphatic rings. The van der Waals surface area contributed by atoms with Gasteiger partial charge in [-0.3, -0.25) is 4.79 Å². The first-order valence-electron chi connectivity index (χ1n) is 5.88. The molecule has 100 valence electrons. The molecule has 0 aromatic rings. The van der Waals surface area contributed by atoms with Crippen molar-refractivity contribution in [1.82, 2.24) is 4.90 Å². The highest BCUT2D eigenvalue weighted by atomic mass is 19.4. The van der Waals surface area contributed by atoms with E-state index in [4.69, 9.17) is 5.11 Å². The Morgan fingerprint density at radius 3 is 2.35 bits per heavy atom. The molecule has 6 heteroatoms. The van der Waals surface area contributed by atoms with Gasteiger partial charge in [0.25, 0.3) is 0 Å². The average molecular weight is 253 g/mol. The molecule has 1 amide bonds. The van der Waals surface area contributed by atoms with E-state index in [0.29, 0.717) is 4.90 Å². The summed E-state index contributed by atoms with van der Waals surface area (Å²) in [6, 6.07) is 0. The van der Waals surface area contributed by atoms with E-state index in [1.807, 2.05) is 0 Å². The zero-order chi connectivity index (χ0) is 12.9. The molecule has 1 rings (SSSR count). The Morgan fingerprint density at radius 1 is 1.29 bits per heavy atom. The van der Waals surface area contributed by atoms with Crippen LogP contribution in [0.2, 0.25) is 0 Å². The van der Waals surface area contributed by atoms with Crippen LogP contribution in [0.5, 0.6) is 0 Å². The molecule has 0 unspecified atom stereocenters. The van der Waals surface area contributed by atoms with Gasteiger partial charge in [-0.2, -0.15) is 13.2 Å². The summed E-state index contributed by atoms with van der Waals surface area (Å²) in [5, 5.41) is 8.68. The first kappa shape index (κ1) is 14.3. The summed E-state index contributed by atoms with van der Waals surface area (Å²) in [4.78, 5) is 12.4. The fraction of sp³-hybridized carbons (Fsp3) is 0.909. The van der Waals surface area contributed by atoms with Crippen molar-refractivity contribution < 1.29 is 23.1 Å². The zero-order valence-corrected chi connectivity index (χ0v) is 9.67. The third kappa shape index (κ3) is 5.39. The lowest BCUT2D eigenvalue weighted by atomic mass is 10.0. The van der Waals surface area contributed by atoms with Gasteiger partial charge in [0.05, 0.1) is 6.61 Å². The molecule has 0 atom stereocenters. The third-order valence-corrected chi connectivity index (χ3v) is 3.03. The van der Waals surface area contributed by atoms with Crippen LogP contribution in [0.15, 0.2) is 0 Å². The molecule has 0 aromatic heterocycles. The molecular formula is C11H18F3NO2. The first-order valence-corrected chi connectivity index (χ1v) is 5.88. The maximum Gasteiger partial charge on any atom is 0.406 e. The SMILES string of the molecule is O=C(CC1CCCC1)N(CCO)CC(F)(F)F. The Balaban J connectivity index is 2.47. The van der Waals surface area contributed by atoms with Gasteiger partial charge in [-0.25, -0.2) is 0 Å². The van der Waals surface area contributed by atoms with Crippen molar-refractivity contribution in [1.29, 1.82) is 0 Å².